The number of hydrogen-bond acceptors (Lipinski definition) is 6. The summed E-state index contributed by atoms with van der Waals surface area (Å²) in [6.07, 6.45) is 2.94. The number of anilines is 3. The van der Waals surface area contributed by atoms with Crippen molar-refractivity contribution in [2.75, 3.05) is 48.7 Å². The van der Waals surface area contributed by atoms with Crippen molar-refractivity contribution in [3.63, 3.8) is 0 Å². The Morgan fingerprint density at radius 1 is 1.38 bits per heavy atom. The van der Waals surface area contributed by atoms with Crippen LogP contribution in [-0.2, 0) is 4.79 Å². The molecule has 7 heteroatoms. The number of carbonyl (C=O) groups excluding carboxylic acids is 1. The van der Waals surface area contributed by atoms with Crippen LogP contribution in [0, 0.1) is 5.92 Å². The second kappa shape index (κ2) is 8.70. The highest BCUT2D eigenvalue weighted by molar-refractivity contribution is 5.79. The molecule has 1 aromatic heterocycles. The molecule has 24 heavy (non-hydrogen) atoms. The largest absolute Gasteiger partial charge is 0.370 e. The van der Waals surface area contributed by atoms with Crippen LogP contribution < -0.4 is 16.0 Å². The minimum Gasteiger partial charge on any atom is -0.370 e. The summed E-state index contributed by atoms with van der Waals surface area (Å²) in [6, 6.07) is 1.93. The molecule has 1 saturated heterocycles. The number of carbonyl (C=O) groups is 1. The lowest BCUT2D eigenvalue weighted by Crippen LogP contribution is -2.45. The van der Waals surface area contributed by atoms with Gasteiger partial charge in [0.25, 0.3) is 0 Å². The van der Waals surface area contributed by atoms with E-state index >= 15 is 0 Å². The lowest BCUT2D eigenvalue weighted by molar-refractivity contribution is -0.135. The summed E-state index contributed by atoms with van der Waals surface area (Å²) in [5, 5.41) is 3.25. The van der Waals surface area contributed by atoms with E-state index in [1.165, 1.54) is 0 Å². The van der Waals surface area contributed by atoms with Crippen molar-refractivity contribution in [3.05, 3.63) is 6.07 Å². The Morgan fingerprint density at radius 3 is 2.79 bits per heavy atom. The third kappa shape index (κ3) is 4.49. The second-order valence-electron chi connectivity index (χ2n) is 6.19. The molecule has 2 rings (SSSR count). The molecule has 2 heterocycles. The Bertz CT molecular complexity index is 546. The predicted molar refractivity (Wildman–Crippen MR) is 98.1 cm³/mol. The van der Waals surface area contributed by atoms with E-state index < -0.39 is 0 Å². The lowest BCUT2D eigenvalue weighted by atomic mass is 9.96. The van der Waals surface area contributed by atoms with Crippen molar-refractivity contribution in [2.45, 2.75) is 40.0 Å². The van der Waals surface area contributed by atoms with Crippen molar-refractivity contribution < 1.29 is 4.79 Å². The summed E-state index contributed by atoms with van der Waals surface area (Å²) in [6.45, 7) is 10.1. The molecule has 1 atom stereocenters. The molecule has 1 aliphatic heterocycles. The molecule has 0 radical (unpaired) electrons. The highest BCUT2D eigenvalue weighted by Crippen LogP contribution is 2.25. The minimum atomic E-state index is 0.0295. The van der Waals surface area contributed by atoms with Gasteiger partial charge in [0.15, 0.2) is 0 Å². The third-order valence-corrected chi connectivity index (χ3v) is 4.46. The number of nitrogens with zero attached hydrogens (tertiary/aromatic N) is 4. The number of nitrogen functional groups attached to an aromatic ring is 1. The van der Waals surface area contributed by atoms with Gasteiger partial charge in [-0.2, -0.15) is 9.97 Å². The van der Waals surface area contributed by atoms with Gasteiger partial charge in [0.1, 0.15) is 11.6 Å². The second-order valence-corrected chi connectivity index (χ2v) is 6.19. The number of rotatable bonds is 7. The molecule has 1 fully saturated rings. The number of aromatic nitrogens is 2. The highest BCUT2D eigenvalue weighted by Gasteiger charge is 2.29. The Kier molecular flexibility index (Phi) is 6.63. The van der Waals surface area contributed by atoms with Gasteiger partial charge < -0.3 is 20.9 Å². The van der Waals surface area contributed by atoms with Crippen LogP contribution in [0.15, 0.2) is 6.07 Å². The molecule has 0 spiro atoms. The molecule has 1 aliphatic rings. The zero-order valence-corrected chi connectivity index (χ0v) is 15.1. The van der Waals surface area contributed by atoms with E-state index in [2.05, 4.69) is 27.1 Å². The fraction of sp³-hybridized carbons (Fsp3) is 0.706. The first-order valence-electron chi connectivity index (χ1n) is 9.01. The number of nitrogens with one attached hydrogen (secondary N) is 1. The molecule has 7 nitrogen and oxygen atoms in total. The normalized spacial score (nSPS) is 17.6. The highest BCUT2D eigenvalue weighted by atomic mass is 16.2. The zero-order chi connectivity index (χ0) is 17.5. The molecule has 1 amide bonds. The Labute approximate surface area is 144 Å². The molecule has 0 aromatic carbocycles. The summed E-state index contributed by atoms with van der Waals surface area (Å²) in [7, 11) is 0. The van der Waals surface area contributed by atoms with Gasteiger partial charge in [-0.3, -0.25) is 4.79 Å². The van der Waals surface area contributed by atoms with Crippen LogP contribution in [0.5, 0.6) is 0 Å². The van der Waals surface area contributed by atoms with Crippen molar-refractivity contribution >= 4 is 23.5 Å². The van der Waals surface area contributed by atoms with Crippen LogP contribution in [0.3, 0.4) is 0 Å². The van der Waals surface area contributed by atoms with Gasteiger partial charge >= 0.3 is 0 Å². The van der Waals surface area contributed by atoms with Crippen molar-refractivity contribution in [2.24, 2.45) is 5.92 Å². The smallest absolute Gasteiger partial charge is 0.227 e. The van der Waals surface area contributed by atoms with E-state index in [-0.39, 0.29) is 17.8 Å². The average Bonchev–Trinajstić information content (AvgIpc) is 2.60. The van der Waals surface area contributed by atoms with Gasteiger partial charge in [-0.15, -0.1) is 0 Å². The topological polar surface area (TPSA) is 87.4 Å². The Hall–Kier alpha value is -2.05. The van der Waals surface area contributed by atoms with E-state index in [1.54, 1.807) is 0 Å². The summed E-state index contributed by atoms with van der Waals surface area (Å²) < 4.78 is 0. The Balaban J connectivity index is 2.11. The van der Waals surface area contributed by atoms with Gasteiger partial charge in [-0.1, -0.05) is 6.92 Å². The zero-order valence-electron chi connectivity index (χ0n) is 15.1. The first kappa shape index (κ1) is 18.3. The molecule has 0 bridgehead atoms. The van der Waals surface area contributed by atoms with Gasteiger partial charge in [-0.25, -0.2) is 0 Å². The van der Waals surface area contributed by atoms with E-state index in [0.29, 0.717) is 6.54 Å². The SMILES string of the molecule is CCCNc1cc(N2CCCC(C(=O)N(CC)CC)C2)nc(N)n1. The summed E-state index contributed by atoms with van der Waals surface area (Å²) in [5.74, 6) is 2.09. The quantitative estimate of drug-likeness (QED) is 0.793. The van der Waals surface area contributed by atoms with Crippen LogP contribution >= 0.6 is 0 Å². The maximum atomic E-state index is 12.6. The summed E-state index contributed by atoms with van der Waals surface area (Å²) in [4.78, 5) is 25.3. The predicted octanol–water partition coefficient (Wildman–Crippen LogP) is 1.97. The van der Waals surface area contributed by atoms with Crippen LogP contribution in [0.25, 0.3) is 0 Å². The maximum absolute atomic E-state index is 12.6. The van der Waals surface area contributed by atoms with Crippen LogP contribution in [-0.4, -0.2) is 53.5 Å². The molecule has 1 aromatic rings. The summed E-state index contributed by atoms with van der Waals surface area (Å²) >= 11 is 0. The van der Waals surface area contributed by atoms with Crippen LogP contribution in [0.4, 0.5) is 17.6 Å². The number of nitrogens with two attached hydrogens (primary N) is 1. The van der Waals surface area contributed by atoms with Gasteiger partial charge in [0.2, 0.25) is 11.9 Å². The number of piperidine rings is 1. The molecule has 3 N–H and O–H groups in total. The van der Waals surface area contributed by atoms with Gasteiger partial charge in [0, 0.05) is 38.8 Å². The third-order valence-electron chi connectivity index (χ3n) is 4.46. The first-order valence-corrected chi connectivity index (χ1v) is 9.01. The number of amides is 1. The van der Waals surface area contributed by atoms with Gasteiger partial charge in [-0.05, 0) is 33.1 Å². The molecule has 134 valence electrons. The molecular weight excluding hydrogens is 304 g/mol. The van der Waals surface area contributed by atoms with E-state index in [0.717, 1.165) is 57.1 Å². The Morgan fingerprint density at radius 2 is 2.12 bits per heavy atom. The van der Waals surface area contributed by atoms with Crippen molar-refractivity contribution in [3.8, 4) is 0 Å². The molecule has 0 saturated carbocycles. The van der Waals surface area contributed by atoms with Crippen molar-refractivity contribution in [1.82, 2.24) is 14.9 Å². The van der Waals surface area contributed by atoms with E-state index in [4.69, 9.17) is 5.73 Å². The molecular formula is C17H30N6O. The first-order chi connectivity index (χ1) is 11.6. The van der Waals surface area contributed by atoms with Crippen LogP contribution in [0.2, 0.25) is 0 Å². The number of hydrogen-bond donors (Lipinski definition) is 2. The van der Waals surface area contributed by atoms with Crippen molar-refractivity contribution in [1.29, 1.82) is 0 Å². The summed E-state index contributed by atoms with van der Waals surface area (Å²) in [5.41, 5.74) is 5.86. The van der Waals surface area contributed by atoms with Crippen LogP contribution in [0.1, 0.15) is 40.0 Å². The average molecular weight is 334 g/mol. The minimum absolute atomic E-state index is 0.0295. The lowest BCUT2D eigenvalue weighted by Gasteiger charge is -2.35. The molecule has 1 unspecified atom stereocenters. The monoisotopic (exact) mass is 334 g/mol. The standard InChI is InChI=1S/C17H30N6O/c1-4-9-19-14-11-15(21-17(18)20-14)23-10-7-8-13(12-23)16(24)22(5-2)6-3/h11,13H,4-10,12H2,1-3H3,(H3,18,19,20,21). The van der Waals surface area contributed by atoms with E-state index in [1.807, 2.05) is 24.8 Å². The maximum Gasteiger partial charge on any atom is 0.227 e. The molecule has 0 aliphatic carbocycles. The van der Waals surface area contributed by atoms with Gasteiger partial charge in [0.05, 0.1) is 5.92 Å². The fourth-order valence-corrected chi connectivity index (χ4v) is 3.14. The fourth-order valence-electron chi connectivity index (χ4n) is 3.14. The van der Waals surface area contributed by atoms with E-state index in [9.17, 15) is 4.79 Å².